The fourth-order valence-electron chi connectivity index (χ4n) is 1.58. The Balaban J connectivity index is 2.06. The van der Waals surface area contributed by atoms with E-state index >= 15 is 0 Å². The van der Waals surface area contributed by atoms with Crippen LogP contribution in [0.3, 0.4) is 0 Å². The highest BCUT2D eigenvalue weighted by atomic mass is 35.5. The third-order valence-electron chi connectivity index (χ3n) is 2.45. The van der Waals surface area contributed by atoms with E-state index in [1.165, 1.54) is 0 Å². The molecule has 0 radical (unpaired) electrons. The molecule has 0 unspecified atom stereocenters. The van der Waals surface area contributed by atoms with Crippen molar-refractivity contribution in [3.8, 4) is 0 Å². The molecule has 0 aliphatic carbocycles. The van der Waals surface area contributed by atoms with Gasteiger partial charge in [0.15, 0.2) is 0 Å². The number of carbonyl (C=O) groups is 1. The Labute approximate surface area is 90.1 Å². The van der Waals surface area contributed by atoms with Crippen LogP contribution in [-0.2, 0) is 9.53 Å². The van der Waals surface area contributed by atoms with Crippen molar-refractivity contribution in [1.29, 1.82) is 0 Å². The zero-order chi connectivity index (χ0) is 10.2. The second-order valence-corrected chi connectivity index (χ2v) is 4.03. The maximum Gasteiger partial charge on any atom is 0.220 e. The lowest BCUT2D eigenvalue weighted by Gasteiger charge is -2.21. The molecule has 1 rings (SSSR count). The van der Waals surface area contributed by atoms with Gasteiger partial charge >= 0.3 is 0 Å². The number of hydrogen-bond acceptors (Lipinski definition) is 2. The monoisotopic (exact) mass is 219 g/mol. The van der Waals surface area contributed by atoms with Gasteiger partial charge in [0.1, 0.15) is 0 Å². The van der Waals surface area contributed by atoms with E-state index in [2.05, 4.69) is 5.32 Å². The summed E-state index contributed by atoms with van der Waals surface area (Å²) in [5.74, 6) is 1.28. The highest BCUT2D eigenvalue weighted by Crippen LogP contribution is 2.17. The average Bonchev–Trinajstić information content (AvgIpc) is 2.20. The molecule has 0 aromatic heterocycles. The minimum Gasteiger partial charge on any atom is -0.381 e. The second kappa shape index (κ2) is 7.07. The summed E-state index contributed by atoms with van der Waals surface area (Å²) in [5.41, 5.74) is 0. The van der Waals surface area contributed by atoms with E-state index in [1.54, 1.807) is 0 Å². The third kappa shape index (κ3) is 4.82. The zero-order valence-corrected chi connectivity index (χ0v) is 9.18. The Morgan fingerprint density at radius 1 is 1.43 bits per heavy atom. The van der Waals surface area contributed by atoms with Gasteiger partial charge in [-0.1, -0.05) is 0 Å². The molecule has 0 spiro atoms. The molecular weight excluding hydrogens is 202 g/mol. The van der Waals surface area contributed by atoms with E-state index in [0.717, 1.165) is 32.5 Å². The summed E-state index contributed by atoms with van der Waals surface area (Å²) < 4.78 is 5.23. The number of carbonyl (C=O) groups excluding carboxylic acids is 1. The van der Waals surface area contributed by atoms with E-state index in [1.807, 2.05) is 0 Å². The predicted octanol–water partition coefficient (Wildman–Crippen LogP) is 1.55. The first kappa shape index (κ1) is 11.8. The van der Waals surface area contributed by atoms with Gasteiger partial charge in [0.05, 0.1) is 0 Å². The van der Waals surface area contributed by atoms with Gasteiger partial charge in [-0.2, -0.15) is 0 Å². The largest absolute Gasteiger partial charge is 0.381 e. The van der Waals surface area contributed by atoms with Crippen molar-refractivity contribution >= 4 is 17.5 Å². The number of amides is 1. The van der Waals surface area contributed by atoms with Crippen LogP contribution in [-0.4, -0.2) is 31.5 Å². The van der Waals surface area contributed by atoms with Crippen LogP contribution < -0.4 is 5.32 Å². The first-order valence-electron chi connectivity index (χ1n) is 5.23. The van der Waals surface area contributed by atoms with Gasteiger partial charge in [0.2, 0.25) is 5.91 Å². The lowest BCUT2D eigenvalue weighted by molar-refractivity contribution is -0.122. The summed E-state index contributed by atoms with van der Waals surface area (Å²) >= 11 is 5.51. The summed E-state index contributed by atoms with van der Waals surface area (Å²) in [5, 5.41) is 2.87. The van der Waals surface area contributed by atoms with E-state index in [-0.39, 0.29) is 5.91 Å². The summed E-state index contributed by atoms with van der Waals surface area (Å²) in [7, 11) is 0. The molecule has 1 N–H and O–H groups in total. The first-order chi connectivity index (χ1) is 6.83. The number of ether oxygens (including phenoxy) is 1. The molecule has 1 amide bonds. The molecule has 4 heteroatoms. The molecule has 3 nitrogen and oxygen atoms in total. The number of nitrogens with one attached hydrogen (secondary N) is 1. The number of rotatable bonds is 5. The molecule has 0 atom stereocenters. The number of hydrogen-bond donors (Lipinski definition) is 1. The second-order valence-electron chi connectivity index (χ2n) is 3.65. The SMILES string of the molecule is O=C(CC1CCOCC1)NCCCCl. The smallest absolute Gasteiger partial charge is 0.220 e. The first-order valence-corrected chi connectivity index (χ1v) is 5.77. The molecule has 1 aliphatic heterocycles. The lowest BCUT2D eigenvalue weighted by Crippen LogP contribution is -2.28. The van der Waals surface area contributed by atoms with Crippen molar-refractivity contribution in [2.45, 2.75) is 25.7 Å². The number of halogens is 1. The van der Waals surface area contributed by atoms with Crippen LogP contribution >= 0.6 is 11.6 Å². The zero-order valence-electron chi connectivity index (χ0n) is 8.43. The van der Waals surface area contributed by atoms with Crippen molar-refractivity contribution in [1.82, 2.24) is 5.32 Å². The van der Waals surface area contributed by atoms with Crippen molar-refractivity contribution in [3.05, 3.63) is 0 Å². The Kier molecular flexibility index (Phi) is 5.96. The fraction of sp³-hybridized carbons (Fsp3) is 0.900. The van der Waals surface area contributed by atoms with Gasteiger partial charge in [0, 0.05) is 32.1 Å². The molecule has 1 fully saturated rings. The van der Waals surface area contributed by atoms with Crippen molar-refractivity contribution in [2.75, 3.05) is 25.6 Å². The molecule has 1 heterocycles. The minimum absolute atomic E-state index is 0.155. The molecular formula is C10H18ClNO2. The molecule has 1 aliphatic rings. The van der Waals surface area contributed by atoms with Crippen LogP contribution in [0.5, 0.6) is 0 Å². The Hall–Kier alpha value is -0.280. The van der Waals surface area contributed by atoms with Crippen LogP contribution in [0, 0.1) is 5.92 Å². The molecule has 0 aromatic carbocycles. The van der Waals surface area contributed by atoms with Gasteiger partial charge in [-0.25, -0.2) is 0 Å². The summed E-state index contributed by atoms with van der Waals surface area (Å²) in [6.07, 6.45) is 3.53. The van der Waals surface area contributed by atoms with E-state index in [4.69, 9.17) is 16.3 Å². The fourth-order valence-corrected chi connectivity index (χ4v) is 1.71. The highest BCUT2D eigenvalue weighted by molar-refractivity contribution is 6.17. The van der Waals surface area contributed by atoms with Crippen molar-refractivity contribution in [2.24, 2.45) is 5.92 Å². The standard InChI is InChI=1S/C10H18ClNO2/c11-4-1-5-12-10(13)8-9-2-6-14-7-3-9/h9H,1-8H2,(H,12,13). The van der Waals surface area contributed by atoms with Gasteiger partial charge in [-0.05, 0) is 25.2 Å². The number of alkyl halides is 1. The topological polar surface area (TPSA) is 38.3 Å². The lowest BCUT2D eigenvalue weighted by atomic mass is 9.96. The molecule has 0 saturated carbocycles. The summed E-state index contributed by atoms with van der Waals surface area (Å²) in [4.78, 5) is 11.4. The maximum atomic E-state index is 11.4. The predicted molar refractivity (Wildman–Crippen MR) is 56.5 cm³/mol. The molecule has 14 heavy (non-hydrogen) atoms. The summed E-state index contributed by atoms with van der Waals surface area (Å²) in [6.45, 7) is 2.31. The van der Waals surface area contributed by atoms with Crippen molar-refractivity contribution < 1.29 is 9.53 Å². The quantitative estimate of drug-likeness (QED) is 0.563. The van der Waals surface area contributed by atoms with Gasteiger partial charge < -0.3 is 10.1 Å². The molecule has 1 saturated heterocycles. The maximum absolute atomic E-state index is 11.4. The Morgan fingerprint density at radius 2 is 2.14 bits per heavy atom. The molecule has 82 valence electrons. The normalized spacial score (nSPS) is 18.1. The molecule has 0 aromatic rings. The van der Waals surface area contributed by atoms with E-state index in [9.17, 15) is 4.79 Å². The van der Waals surface area contributed by atoms with Gasteiger partial charge in [-0.15, -0.1) is 11.6 Å². The average molecular weight is 220 g/mol. The summed E-state index contributed by atoms with van der Waals surface area (Å²) in [6, 6.07) is 0. The van der Waals surface area contributed by atoms with Crippen LogP contribution in [0.2, 0.25) is 0 Å². The van der Waals surface area contributed by atoms with Crippen LogP contribution in [0.4, 0.5) is 0 Å². The van der Waals surface area contributed by atoms with Crippen LogP contribution in [0.1, 0.15) is 25.7 Å². The molecule has 0 bridgehead atoms. The minimum atomic E-state index is 0.155. The Morgan fingerprint density at radius 3 is 2.79 bits per heavy atom. The van der Waals surface area contributed by atoms with Gasteiger partial charge in [-0.3, -0.25) is 4.79 Å². The third-order valence-corrected chi connectivity index (χ3v) is 2.71. The van der Waals surface area contributed by atoms with Gasteiger partial charge in [0.25, 0.3) is 0 Å². The highest BCUT2D eigenvalue weighted by Gasteiger charge is 2.16. The Bertz CT molecular complexity index is 170. The van der Waals surface area contributed by atoms with Crippen LogP contribution in [0.25, 0.3) is 0 Å². The van der Waals surface area contributed by atoms with E-state index < -0.39 is 0 Å². The van der Waals surface area contributed by atoms with E-state index in [0.29, 0.717) is 24.8 Å². The van der Waals surface area contributed by atoms with Crippen LogP contribution in [0.15, 0.2) is 0 Å². The van der Waals surface area contributed by atoms with Crippen molar-refractivity contribution in [3.63, 3.8) is 0 Å².